The number of hydrogen-bond donors (Lipinski definition) is 1. The first kappa shape index (κ1) is 14.5. The summed E-state index contributed by atoms with van der Waals surface area (Å²) in [6, 6.07) is 5.99. The minimum Gasteiger partial charge on any atom is -0.493 e. The van der Waals surface area contributed by atoms with E-state index in [1.54, 1.807) is 0 Å². The van der Waals surface area contributed by atoms with Gasteiger partial charge in [0, 0.05) is 24.0 Å². The van der Waals surface area contributed by atoms with Crippen molar-refractivity contribution in [3.05, 3.63) is 28.2 Å². The molecule has 0 fully saturated rings. The third-order valence-corrected chi connectivity index (χ3v) is 2.99. The van der Waals surface area contributed by atoms with Crippen LogP contribution in [-0.4, -0.2) is 25.9 Å². The normalized spacial score (nSPS) is 12.5. The van der Waals surface area contributed by atoms with Crippen LogP contribution in [0.4, 0.5) is 0 Å². The van der Waals surface area contributed by atoms with E-state index in [9.17, 15) is 0 Å². The van der Waals surface area contributed by atoms with Gasteiger partial charge in [-0.3, -0.25) is 0 Å². The fourth-order valence-electron chi connectivity index (χ4n) is 1.58. The van der Waals surface area contributed by atoms with Crippen LogP contribution in [0.5, 0.6) is 5.75 Å². The second kappa shape index (κ2) is 7.69. The average molecular weight is 302 g/mol. The molecule has 0 aliphatic carbocycles. The summed E-state index contributed by atoms with van der Waals surface area (Å²) in [5, 5.41) is 0. The molecule has 0 bridgehead atoms. The molecule has 0 saturated heterocycles. The SMILES string of the molecule is CCOC(CN)CCOc1ccc(Br)cc1C. The topological polar surface area (TPSA) is 44.5 Å². The highest BCUT2D eigenvalue weighted by Crippen LogP contribution is 2.22. The van der Waals surface area contributed by atoms with Gasteiger partial charge in [0.2, 0.25) is 0 Å². The van der Waals surface area contributed by atoms with E-state index in [1.165, 1.54) is 0 Å². The van der Waals surface area contributed by atoms with Crippen LogP contribution in [0.15, 0.2) is 22.7 Å². The van der Waals surface area contributed by atoms with Gasteiger partial charge in [-0.2, -0.15) is 0 Å². The highest BCUT2D eigenvalue weighted by Gasteiger charge is 2.07. The monoisotopic (exact) mass is 301 g/mol. The molecule has 0 amide bonds. The fraction of sp³-hybridized carbons (Fsp3) is 0.538. The molecule has 1 aromatic carbocycles. The van der Waals surface area contributed by atoms with Gasteiger partial charge in [-0.05, 0) is 37.6 Å². The van der Waals surface area contributed by atoms with Crippen molar-refractivity contribution >= 4 is 15.9 Å². The Balaban J connectivity index is 2.39. The molecule has 2 N–H and O–H groups in total. The summed E-state index contributed by atoms with van der Waals surface area (Å²) in [6.07, 6.45) is 0.913. The molecule has 0 heterocycles. The molecule has 1 unspecified atom stereocenters. The van der Waals surface area contributed by atoms with Crippen LogP contribution >= 0.6 is 15.9 Å². The van der Waals surface area contributed by atoms with Crippen LogP contribution in [0.1, 0.15) is 18.9 Å². The van der Waals surface area contributed by atoms with Gasteiger partial charge in [-0.25, -0.2) is 0 Å². The summed E-state index contributed by atoms with van der Waals surface area (Å²) in [7, 11) is 0. The van der Waals surface area contributed by atoms with E-state index >= 15 is 0 Å². The molecular formula is C13H20BrNO2. The van der Waals surface area contributed by atoms with Crippen molar-refractivity contribution in [2.24, 2.45) is 5.73 Å². The largest absolute Gasteiger partial charge is 0.493 e. The maximum absolute atomic E-state index is 5.71. The Hall–Kier alpha value is -0.580. The van der Waals surface area contributed by atoms with Crippen molar-refractivity contribution in [1.82, 2.24) is 0 Å². The van der Waals surface area contributed by atoms with Gasteiger partial charge in [-0.15, -0.1) is 0 Å². The summed E-state index contributed by atoms with van der Waals surface area (Å²) in [5.41, 5.74) is 6.73. The highest BCUT2D eigenvalue weighted by molar-refractivity contribution is 9.10. The summed E-state index contributed by atoms with van der Waals surface area (Å²) in [4.78, 5) is 0. The zero-order valence-electron chi connectivity index (χ0n) is 10.4. The number of hydrogen-bond acceptors (Lipinski definition) is 3. The van der Waals surface area contributed by atoms with Crippen molar-refractivity contribution in [2.45, 2.75) is 26.4 Å². The molecule has 0 aromatic heterocycles. The summed E-state index contributed by atoms with van der Waals surface area (Å²) in [6.45, 7) is 5.87. The quantitative estimate of drug-likeness (QED) is 0.842. The van der Waals surface area contributed by atoms with Crippen LogP contribution < -0.4 is 10.5 Å². The Morgan fingerprint density at radius 3 is 2.76 bits per heavy atom. The number of nitrogens with two attached hydrogens (primary N) is 1. The number of benzene rings is 1. The predicted molar refractivity (Wildman–Crippen MR) is 73.5 cm³/mol. The van der Waals surface area contributed by atoms with Gasteiger partial charge >= 0.3 is 0 Å². The van der Waals surface area contributed by atoms with E-state index < -0.39 is 0 Å². The first-order valence-corrected chi connectivity index (χ1v) is 6.67. The van der Waals surface area contributed by atoms with Crippen LogP contribution in [0.2, 0.25) is 0 Å². The molecule has 0 radical (unpaired) electrons. The third-order valence-electron chi connectivity index (χ3n) is 2.50. The standard InChI is InChI=1S/C13H20BrNO2/c1-3-16-12(9-15)6-7-17-13-5-4-11(14)8-10(13)2/h4-5,8,12H,3,6-7,9,15H2,1-2H3. The Labute approximate surface area is 111 Å². The Kier molecular flexibility index (Phi) is 6.55. The van der Waals surface area contributed by atoms with Crippen LogP contribution in [0, 0.1) is 6.92 Å². The lowest BCUT2D eigenvalue weighted by atomic mass is 10.2. The minimum absolute atomic E-state index is 0.0933. The van der Waals surface area contributed by atoms with Gasteiger partial charge in [0.25, 0.3) is 0 Å². The molecule has 0 aliphatic rings. The van der Waals surface area contributed by atoms with E-state index in [0.29, 0.717) is 19.8 Å². The molecule has 1 rings (SSSR count). The Morgan fingerprint density at radius 1 is 1.41 bits per heavy atom. The van der Waals surface area contributed by atoms with Gasteiger partial charge in [0.15, 0.2) is 0 Å². The smallest absolute Gasteiger partial charge is 0.122 e. The second-order valence-corrected chi connectivity index (χ2v) is 4.78. The predicted octanol–water partition coefficient (Wildman–Crippen LogP) is 2.89. The van der Waals surface area contributed by atoms with Crippen molar-refractivity contribution in [3.8, 4) is 5.75 Å². The molecular weight excluding hydrogens is 282 g/mol. The number of ether oxygens (including phenoxy) is 2. The molecule has 0 aliphatic heterocycles. The lowest BCUT2D eigenvalue weighted by Crippen LogP contribution is -2.25. The maximum atomic E-state index is 5.71. The minimum atomic E-state index is 0.0933. The molecule has 0 saturated carbocycles. The number of halogens is 1. The van der Waals surface area contributed by atoms with Gasteiger partial charge in [-0.1, -0.05) is 15.9 Å². The first-order valence-electron chi connectivity index (χ1n) is 5.88. The van der Waals surface area contributed by atoms with Crippen molar-refractivity contribution in [3.63, 3.8) is 0 Å². The average Bonchev–Trinajstić information content (AvgIpc) is 2.30. The van der Waals surface area contributed by atoms with Crippen LogP contribution in [-0.2, 0) is 4.74 Å². The molecule has 0 spiro atoms. The number of aryl methyl sites for hydroxylation is 1. The van der Waals surface area contributed by atoms with Crippen molar-refractivity contribution < 1.29 is 9.47 Å². The Bertz CT molecular complexity index is 344. The summed E-state index contributed by atoms with van der Waals surface area (Å²) >= 11 is 3.43. The first-order chi connectivity index (χ1) is 8.17. The van der Waals surface area contributed by atoms with Crippen LogP contribution in [0.3, 0.4) is 0 Å². The second-order valence-electron chi connectivity index (χ2n) is 3.86. The van der Waals surface area contributed by atoms with Crippen LogP contribution in [0.25, 0.3) is 0 Å². The van der Waals surface area contributed by atoms with E-state index in [4.69, 9.17) is 15.2 Å². The summed E-state index contributed by atoms with van der Waals surface area (Å²) in [5.74, 6) is 0.917. The van der Waals surface area contributed by atoms with Gasteiger partial charge in [0.05, 0.1) is 12.7 Å². The molecule has 3 nitrogen and oxygen atoms in total. The molecule has 96 valence electrons. The zero-order chi connectivity index (χ0) is 12.7. The van der Waals surface area contributed by atoms with Crippen molar-refractivity contribution in [1.29, 1.82) is 0 Å². The third kappa shape index (κ3) is 5.06. The fourth-order valence-corrected chi connectivity index (χ4v) is 2.06. The maximum Gasteiger partial charge on any atom is 0.122 e. The zero-order valence-corrected chi connectivity index (χ0v) is 12.0. The lowest BCUT2D eigenvalue weighted by molar-refractivity contribution is 0.0526. The van der Waals surface area contributed by atoms with E-state index in [-0.39, 0.29) is 6.10 Å². The van der Waals surface area contributed by atoms with E-state index in [0.717, 1.165) is 22.2 Å². The molecule has 1 aromatic rings. The summed E-state index contributed by atoms with van der Waals surface area (Å²) < 4.78 is 12.2. The van der Waals surface area contributed by atoms with Gasteiger partial charge in [0.1, 0.15) is 5.75 Å². The van der Waals surface area contributed by atoms with Gasteiger partial charge < -0.3 is 15.2 Å². The molecule has 1 atom stereocenters. The highest BCUT2D eigenvalue weighted by atomic mass is 79.9. The molecule has 4 heteroatoms. The number of rotatable bonds is 7. The molecule has 17 heavy (non-hydrogen) atoms. The van der Waals surface area contributed by atoms with E-state index in [1.807, 2.05) is 32.0 Å². The van der Waals surface area contributed by atoms with Crippen molar-refractivity contribution in [2.75, 3.05) is 19.8 Å². The lowest BCUT2D eigenvalue weighted by Gasteiger charge is -2.15. The van der Waals surface area contributed by atoms with E-state index in [2.05, 4.69) is 15.9 Å². The Morgan fingerprint density at radius 2 is 2.18 bits per heavy atom.